The molecule has 4 aliphatic rings. The first-order valence-corrected chi connectivity index (χ1v) is 11.3. The predicted octanol–water partition coefficient (Wildman–Crippen LogP) is 3.08. The smallest absolute Gasteiger partial charge is 0.315 e. The van der Waals surface area contributed by atoms with Gasteiger partial charge in [0, 0.05) is 50.5 Å². The van der Waals surface area contributed by atoms with Crippen molar-refractivity contribution >= 4 is 11.7 Å². The van der Waals surface area contributed by atoms with Crippen LogP contribution >= 0.6 is 0 Å². The molecule has 2 N–H and O–H groups in total. The molecule has 5 rings (SSSR count). The van der Waals surface area contributed by atoms with Gasteiger partial charge in [0.25, 0.3) is 0 Å². The number of para-hydroxylation sites is 1. The van der Waals surface area contributed by atoms with E-state index in [1.165, 1.54) is 50.9 Å². The molecule has 0 aromatic heterocycles. The molecular formula is C23H34N4O. The van der Waals surface area contributed by atoms with Crippen LogP contribution in [0.1, 0.15) is 38.5 Å². The Morgan fingerprint density at radius 2 is 1.71 bits per heavy atom. The topological polar surface area (TPSA) is 47.6 Å². The second-order valence-corrected chi connectivity index (χ2v) is 9.45. The van der Waals surface area contributed by atoms with Crippen LogP contribution in [0.25, 0.3) is 0 Å². The molecule has 2 aliphatic carbocycles. The molecule has 2 saturated heterocycles. The molecule has 2 saturated carbocycles. The van der Waals surface area contributed by atoms with Crippen LogP contribution in [0.5, 0.6) is 0 Å². The number of rotatable bonds is 5. The van der Waals surface area contributed by atoms with Gasteiger partial charge in [-0.1, -0.05) is 24.6 Å². The fourth-order valence-corrected chi connectivity index (χ4v) is 5.76. The highest BCUT2D eigenvalue weighted by molar-refractivity contribution is 5.74. The van der Waals surface area contributed by atoms with E-state index in [1.54, 1.807) is 0 Å². The summed E-state index contributed by atoms with van der Waals surface area (Å²) in [6, 6.07) is 11.9. The highest BCUT2D eigenvalue weighted by atomic mass is 16.2. The van der Waals surface area contributed by atoms with Crippen molar-refractivity contribution < 1.29 is 4.79 Å². The first-order valence-electron chi connectivity index (χ1n) is 11.3. The van der Waals surface area contributed by atoms with Crippen LogP contribution < -0.4 is 15.5 Å². The number of urea groups is 1. The molecule has 2 aliphatic heterocycles. The number of anilines is 1. The number of amides is 2. The zero-order valence-electron chi connectivity index (χ0n) is 16.9. The standard InChI is InChI=1S/C23H34N4O/c28-23(24-13-17-11-12-26(14-17)20-7-2-1-3-8-20)25-22-18-5-4-6-19(22)16-27(15-18)21-9-10-21/h1-3,7-8,17-19,21-22H,4-6,9-16H2,(H2,24,25,28)/t17-,18+,19+/m1/s1. The fourth-order valence-electron chi connectivity index (χ4n) is 5.76. The number of hydrogen-bond acceptors (Lipinski definition) is 3. The van der Waals surface area contributed by atoms with E-state index in [-0.39, 0.29) is 6.03 Å². The van der Waals surface area contributed by atoms with Crippen LogP contribution in [0.3, 0.4) is 0 Å². The molecule has 5 heteroatoms. The lowest BCUT2D eigenvalue weighted by molar-refractivity contribution is 0.0464. The maximum absolute atomic E-state index is 12.6. The third kappa shape index (κ3) is 4.00. The molecule has 0 spiro atoms. The van der Waals surface area contributed by atoms with Gasteiger partial charge in [0.2, 0.25) is 0 Å². The Labute approximate surface area is 168 Å². The molecule has 0 radical (unpaired) electrons. The minimum absolute atomic E-state index is 0.0555. The van der Waals surface area contributed by atoms with Crippen LogP contribution in [0.4, 0.5) is 10.5 Å². The number of hydrogen-bond donors (Lipinski definition) is 2. The molecule has 3 atom stereocenters. The minimum Gasteiger partial charge on any atom is -0.371 e. The predicted molar refractivity (Wildman–Crippen MR) is 113 cm³/mol. The normalized spacial score (nSPS) is 32.9. The van der Waals surface area contributed by atoms with Gasteiger partial charge in [0.15, 0.2) is 0 Å². The summed E-state index contributed by atoms with van der Waals surface area (Å²) in [4.78, 5) is 17.8. The van der Waals surface area contributed by atoms with Crippen LogP contribution in [-0.4, -0.2) is 55.7 Å². The van der Waals surface area contributed by atoms with Crippen LogP contribution in [0, 0.1) is 17.8 Å². The number of likely N-dealkylation sites (tertiary alicyclic amines) is 1. The van der Waals surface area contributed by atoms with Gasteiger partial charge in [-0.3, -0.25) is 4.90 Å². The van der Waals surface area contributed by atoms with Gasteiger partial charge in [-0.25, -0.2) is 4.79 Å². The van der Waals surface area contributed by atoms with Gasteiger partial charge in [-0.15, -0.1) is 0 Å². The average Bonchev–Trinajstić information content (AvgIpc) is 3.44. The number of benzene rings is 1. The Morgan fingerprint density at radius 1 is 0.964 bits per heavy atom. The van der Waals surface area contributed by atoms with E-state index in [1.807, 2.05) is 0 Å². The second-order valence-electron chi connectivity index (χ2n) is 9.45. The molecule has 152 valence electrons. The molecule has 2 amide bonds. The molecule has 2 bridgehead atoms. The van der Waals surface area contributed by atoms with Gasteiger partial charge in [0.1, 0.15) is 0 Å². The van der Waals surface area contributed by atoms with Crippen molar-refractivity contribution in [2.45, 2.75) is 50.6 Å². The highest BCUT2D eigenvalue weighted by Gasteiger charge is 2.43. The number of carbonyl (C=O) groups excluding carboxylic acids is 1. The van der Waals surface area contributed by atoms with E-state index >= 15 is 0 Å². The lowest BCUT2D eigenvalue weighted by Crippen LogP contribution is -2.60. The Balaban J connectivity index is 1.09. The van der Waals surface area contributed by atoms with Gasteiger partial charge in [-0.2, -0.15) is 0 Å². The van der Waals surface area contributed by atoms with Gasteiger partial charge < -0.3 is 15.5 Å². The van der Waals surface area contributed by atoms with Crippen molar-refractivity contribution in [2.24, 2.45) is 17.8 Å². The maximum atomic E-state index is 12.6. The van der Waals surface area contributed by atoms with E-state index in [0.29, 0.717) is 23.8 Å². The number of nitrogens with zero attached hydrogens (tertiary/aromatic N) is 2. The molecule has 1 aromatic carbocycles. The van der Waals surface area contributed by atoms with Crippen molar-refractivity contribution in [3.8, 4) is 0 Å². The minimum atomic E-state index is 0.0555. The van der Waals surface area contributed by atoms with Crippen LogP contribution in [-0.2, 0) is 0 Å². The molecule has 4 fully saturated rings. The quantitative estimate of drug-likeness (QED) is 0.823. The number of piperidine rings is 1. The second kappa shape index (κ2) is 7.94. The fraction of sp³-hybridized carbons (Fsp3) is 0.696. The molecule has 5 nitrogen and oxygen atoms in total. The monoisotopic (exact) mass is 382 g/mol. The third-order valence-electron chi connectivity index (χ3n) is 7.42. The van der Waals surface area contributed by atoms with Crippen molar-refractivity contribution in [1.29, 1.82) is 0 Å². The van der Waals surface area contributed by atoms with Crippen LogP contribution in [0.2, 0.25) is 0 Å². The van der Waals surface area contributed by atoms with Gasteiger partial charge in [-0.05, 0) is 62.0 Å². The van der Waals surface area contributed by atoms with Gasteiger partial charge >= 0.3 is 6.03 Å². The molecule has 1 aromatic rings. The van der Waals surface area contributed by atoms with E-state index in [0.717, 1.165) is 32.1 Å². The third-order valence-corrected chi connectivity index (χ3v) is 7.42. The Kier molecular flexibility index (Phi) is 5.19. The van der Waals surface area contributed by atoms with E-state index in [9.17, 15) is 4.79 Å². The Bertz CT molecular complexity index is 662. The summed E-state index contributed by atoms with van der Waals surface area (Å²) in [5, 5.41) is 6.57. The van der Waals surface area contributed by atoms with Gasteiger partial charge in [0.05, 0.1) is 0 Å². The zero-order chi connectivity index (χ0) is 18.9. The van der Waals surface area contributed by atoms with Crippen molar-refractivity contribution in [1.82, 2.24) is 15.5 Å². The number of carbonyl (C=O) groups is 1. The summed E-state index contributed by atoms with van der Waals surface area (Å²) in [5.41, 5.74) is 1.30. The zero-order valence-corrected chi connectivity index (χ0v) is 16.9. The molecular weight excluding hydrogens is 348 g/mol. The van der Waals surface area contributed by atoms with Crippen molar-refractivity contribution in [3.05, 3.63) is 30.3 Å². The van der Waals surface area contributed by atoms with Crippen LogP contribution in [0.15, 0.2) is 30.3 Å². The Hall–Kier alpha value is -1.75. The number of nitrogens with one attached hydrogen (secondary N) is 2. The summed E-state index contributed by atoms with van der Waals surface area (Å²) >= 11 is 0. The Morgan fingerprint density at radius 3 is 2.43 bits per heavy atom. The summed E-state index contributed by atoms with van der Waals surface area (Å²) in [6.07, 6.45) is 7.82. The molecule has 0 unspecified atom stereocenters. The lowest BCUT2D eigenvalue weighted by atomic mass is 9.73. The lowest BCUT2D eigenvalue weighted by Gasteiger charge is -2.47. The summed E-state index contributed by atoms with van der Waals surface area (Å²) in [7, 11) is 0. The van der Waals surface area contributed by atoms with Crippen molar-refractivity contribution in [2.75, 3.05) is 37.6 Å². The average molecular weight is 383 g/mol. The highest BCUT2D eigenvalue weighted by Crippen LogP contribution is 2.39. The summed E-state index contributed by atoms with van der Waals surface area (Å²) in [6.45, 7) is 5.30. The summed E-state index contributed by atoms with van der Waals surface area (Å²) in [5.74, 6) is 1.85. The SMILES string of the molecule is O=C(NC[C@H]1CCN(c2ccccc2)C1)NC1[C@H]2CCC[C@H]1CN(C1CC1)C2. The van der Waals surface area contributed by atoms with E-state index < -0.39 is 0 Å². The maximum Gasteiger partial charge on any atom is 0.315 e. The largest absolute Gasteiger partial charge is 0.371 e. The number of fused-ring (bicyclic) bond motifs is 2. The van der Waals surface area contributed by atoms with E-state index in [2.05, 4.69) is 50.8 Å². The first-order chi connectivity index (χ1) is 13.8. The molecule has 2 heterocycles. The van der Waals surface area contributed by atoms with E-state index in [4.69, 9.17) is 0 Å². The van der Waals surface area contributed by atoms with Crippen molar-refractivity contribution in [3.63, 3.8) is 0 Å². The summed E-state index contributed by atoms with van der Waals surface area (Å²) < 4.78 is 0. The first kappa shape index (κ1) is 18.3. The molecule has 28 heavy (non-hydrogen) atoms.